The first-order valence-electron chi connectivity index (χ1n) is 6.75. The average molecular weight is 269 g/mol. The number of thioether (sulfide) groups is 1. The minimum atomic E-state index is -0.161. The van der Waals surface area contributed by atoms with E-state index >= 15 is 0 Å². The Balaban J connectivity index is 2.27. The third-order valence-corrected chi connectivity index (χ3v) is 3.79. The molecular formula is C15H24FNS. The van der Waals surface area contributed by atoms with Crippen molar-refractivity contribution < 1.29 is 4.39 Å². The SMILES string of the molecule is CCC(NCCCCCSC)c1ccc(F)cc1. The summed E-state index contributed by atoms with van der Waals surface area (Å²) in [5.41, 5.74) is 1.18. The summed E-state index contributed by atoms with van der Waals surface area (Å²) in [6, 6.07) is 7.19. The van der Waals surface area contributed by atoms with Crippen molar-refractivity contribution in [3.8, 4) is 0 Å². The zero-order valence-electron chi connectivity index (χ0n) is 11.4. The lowest BCUT2D eigenvalue weighted by Crippen LogP contribution is -2.21. The van der Waals surface area contributed by atoms with E-state index in [1.807, 2.05) is 23.9 Å². The molecular weight excluding hydrogens is 245 g/mol. The highest BCUT2D eigenvalue weighted by molar-refractivity contribution is 7.98. The molecule has 0 saturated heterocycles. The van der Waals surface area contributed by atoms with Crippen LogP contribution in [0.15, 0.2) is 24.3 Å². The van der Waals surface area contributed by atoms with Gasteiger partial charge in [-0.15, -0.1) is 0 Å². The fraction of sp³-hybridized carbons (Fsp3) is 0.600. The maximum atomic E-state index is 12.9. The highest BCUT2D eigenvalue weighted by atomic mass is 32.2. The molecule has 102 valence electrons. The second-order valence-electron chi connectivity index (χ2n) is 4.52. The third kappa shape index (κ3) is 5.87. The van der Waals surface area contributed by atoms with Gasteiger partial charge in [-0.05, 0) is 55.5 Å². The molecule has 1 N–H and O–H groups in total. The van der Waals surface area contributed by atoms with Crippen molar-refractivity contribution in [1.29, 1.82) is 0 Å². The first-order chi connectivity index (χ1) is 8.77. The number of halogens is 1. The Labute approximate surface area is 115 Å². The molecule has 3 heteroatoms. The topological polar surface area (TPSA) is 12.0 Å². The van der Waals surface area contributed by atoms with Crippen molar-refractivity contribution in [2.75, 3.05) is 18.6 Å². The fourth-order valence-corrected chi connectivity index (χ4v) is 2.51. The van der Waals surface area contributed by atoms with Crippen molar-refractivity contribution in [3.63, 3.8) is 0 Å². The summed E-state index contributed by atoms with van der Waals surface area (Å²) in [5, 5.41) is 3.55. The largest absolute Gasteiger partial charge is 0.310 e. The zero-order chi connectivity index (χ0) is 13.2. The van der Waals surface area contributed by atoms with Crippen LogP contribution in [0.25, 0.3) is 0 Å². The van der Waals surface area contributed by atoms with Gasteiger partial charge in [0.05, 0.1) is 0 Å². The van der Waals surface area contributed by atoms with Gasteiger partial charge in [-0.25, -0.2) is 4.39 Å². The maximum Gasteiger partial charge on any atom is 0.123 e. The standard InChI is InChI=1S/C15H24FNS/c1-3-15(13-7-9-14(16)10-8-13)17-11-5-4-6-12-18-2/h7-10,15,17H,3-6,11-12H2,1-2H3. The first kappa shape index (κ1) is 15.5. The normalized spacial score (nSPS) is 12.6. The molecule has 0 saturated carbocycles. The van der Waals surface area contributed by atoms with Crippen LogP contribution >= 0.6 is 11.8 Å². The monoisotopic (exact) mass is 269 g/mol. The lowest BCUT2D eigenvalue weighted by atomic mass is 10.0. The van der Waals surface area contributed by atoms with E-state index in [0.29, 0.717) is 6.04 Å². The molecule has 0 heterocycles. The molecule has 1 unspecified atom stereocenters. The molecule has 0 aromatic heterocycles. The molecule has 0 aliphatic heterocycles. The van der Waals surface area contributed by atoms with Crippen LogP contribution < -0.4 is 5.32 Å². The molecule has 1 atom stereocenters. The van der Waals surface area contributed by atoms with Crippen molar-refractivity contribution >= 4 is 11.8 Å². The summed E-state index contributed by atoms with van der Waals surface area (Å²) in [5.74, 6) is 1.10. The Morgan fingerprint density at radius 2 is 1.89 bits per heavy atom. The van der Waals surface area contributed by atoms with E-state index < -0.39 is 0 Å². The van der Waals surface area contributed by atoms with Gasteiger partial charge < -0.3 is 5.32 Å². The lowest BCUT2D eigenvalue weighted by Gasteiger charge is -2.17. The van der Waals surface area contributed by atoms with Crippen molar-refractivity contribution in [3.05, 3.63) is 35.6 Å². The van der Waals surface area contributed by atoms with E-state index in [2.05, 4.69) is 18.5 Å². The second kappa shape index (κ2) is 9.40. The molecule has 18 heavy (non-hydrogen) atoms. The molecule has 1 aromatic carbocycles. The Hall–Kier alpha value is -0.540. The van der Waals surface area contributed by atoms with E-state index in [9.17, 15) is 4.39 Å². The number of hydrogen-bond acceptors (Lipinski definition) is 2. The van der Waals surface area contributed by atoms with Crippen LogP contribution in [-0.4, -0.2) is 18.6 Å². The summed E-state index contributed by atoms with van der Waals surface area (Å²) >= 11 is 1.91. The van der Waals surface area contributed by atoms with Crippen LogP contribution in [0.5, 0.6) is 0 Å². The van der Waals surface area contributed by atoms with Gasteiger partial charge in [-0.2, -0.15) is 11.8 Å². The molecule has 0 fully saturated rings. The first-order valence-corrected chi connectivity index (χ1v) is 8.15. The number of hydrogen-bond donors (Lipinski definition) is 1. The minimum Gasteiger partial charge on any atom is -0.310 e. The number of rotatable bonds is 9. The Bertz CT molecular complexity index is 313. The van der Waals surface area contributed by atoms with Gasteiger partial charge >= 0.3 is 0 Å². The molecule has 0 spiro atoms. The highest BCUT2D eigenvalue weighted by Crippen LogP contribution is 2.17. The molecule has 0 radical (unpaired) electrons. The minimum absolute atomic E-state index is 0.161. The summed E-state index contributed by atoms with van der Waals surface area (Å²) in [6.07, 6.45) is 7.00. The van der Waals surface area contributed by atoms with E-state index in [1.54, 1.807) is 0 Å². The van der Waals surface area contributed by atoms with E-state index in [1.165, 1.54) is 42.7 Å². The lowest BCUT2D eigenvalue weighted by molar-refractivity contribution is 0.501. The number of nitrogens with one attached hydrogen (secondary N) is 1. The van der Waals surface area contributed by atoms with Crippen LogP contribution in [0.2, 0.25) is 0 Å². The summed E-state index contributed by atoms with van der Waals surface area (Å²) in [4.78, 5) is 0. The molecule has 1 aromatic rings. The number of benzene rings is 1. The predicted octanol–water partition coefficient (Wildman–Crippen LogP) is 4.40. The smallest absolute Gasteiger partial charge is 0.123 e. The van der Waals surface area contributed by atoms with Crippen LogP contribution in [0, 0.1) is 5.82 Å². The fourth-order valence-electron chi connectivity index (χ4n) is 2.02. The van der Waals surface area contributed by atoms with Gasteiger partial charge in [-0.1, -0.05) is 25.5 Å². The highest BCUT2D eigenvalue weighted by Gasteiger charge is 2.07. The van der Waals surface area contributed by atoms with Gasteiger partial charge in [-0.3, -0.25) is 0 Å². The van der Waals surface area contributed by atoms with Crippen LogP contribution in [-0.2, 0) is 0 Å². The van der Waals surface area contributed by atoms with Crippen LogP contribution in [0.4, 0.5) is 4.39 Å². The molecule has 0 aliphatic rings. The van der Waals surface area contributed by atoms with Gasteiger partial charge in [0.15, 0.2) is 0 Å². The van der Waals surface area contributed by atoms with Crippen molar-refractivity contribution in [2.24, 2.45) is 0 Å². The van der Waals surface area contributed by atoms with Gasteiger partial charge in [0, 0.05) is 6.04 Å². The van der Waals surface area contributed by atoms with Gasteiger partial charge in [0.1, 0.15) is 5.82 Å². The molecule has 1 nitrogen and oxygen atoms in total. The average Bonchev–Trinajstić information content (AvgIpc) is 2.39. The Kier molecular flexibility index (Phi) is 8.10. The van der Waals surface area contributed by atoms with Crippen LogP contribution in [0.3, 0.4) is 0 Å². The molecule has 0 aliphatic carbocycles. The van der Waals surface area contributed by atoms with Crippen molar-refractivity contribution in [2.45, 2.75) is 38.6 Å². The van der Waals surface area contributed by atoms with E-state index in [-0.39, 0.29) is 5.82 Å². The van der Waals surface area contributed by atoms with E-state index in [0.717, 1.165) is 13.0 Å². The molecule has 1 rings (SSSR count). The quantitative estimate of drug-likeness (QED) is 0.667. The van der Waals surface area contributed by atoms with Crippen molar-refractivity contribution in [1.82, 2.24) is 5.32 Å². The van der Waals surface area contributed by atoms with Crippen LogP contribution in [0.1, 0.15) is 44.2 Å². The number of unbranched alkanes of at least 4 members (excludes halogenated alkanes) is 2. The third-order valence-electron chi connectivity index (χ3n) is 3.10. The Morgan fingerprint density at radius 3 is 2.50 bits per heavy atom. The van der Waals surface area contributed by atoms with Gasteiger partial charge in [0.2, 0.25) is 0 Å². The second-order valence-corrected chi connectivity index (χ2v) is 5.51. The van der Waals surface area contributed by atoms with E-state index in [4.69, 9.17) is 0 Å². The summed E-state index contributed by atoms with van der Waals surface area (Å²) in [7, 11) is 0. The Morgan fingerprint density at radius 1 is 1.17 bits per heavy atom. The molecule has 0 bridgehead atoms. The summed E-state index contributed by atoms with van der Waals surface area (Å²) < 4.78 is 12.9. The maximum absolute atomic E-state index is 12.9. The van der Waals surface area contributed by atoms with Gasteiger partial charge in [0.25, 0.3) is 0 Å². The summed E-state index contributed by atoms with van der Waals surface area (Å²) in [6.45, 7) is 3.21. The zero-order valence-corrected chi connectivity index (χ0v) is 12.2. The predicted molar refractivity (Wildman–Crippen MR) is 79.7 cm³/mol. The molecule has 0 amide bonds.